The monoisotopic (exact) mass is 261 g/mol. The van der Waals surface area contributed by atoms with E-state index in [1.807, 2.05) is 24.9 Å². The number of hydrogen-bond donors (Lipinski definition) is 1. The van der Waals surface area contributed by atoms with Crippen LogP contribution in [0.5, 0.6) is 0 Å². The van der Waals surface area contributed by atoms with Crippen LogP contribution in [-0.2, 0) is 4.74 Å². The van der Waals surface area contributed by atoms with Crippen molar-refractivity contribution in [2.75, 3.05) is 24.3 Å². The Bertz CT molecular complexity index is 494. The number of nitrogens with zero attached hydrogens (tertiary/aromatic N) is 2. The fraction of sp³-hybridized carbons (Fsp3) is 0.429. The van der Waals surface area contributed by atoms with Crippen molar-refractivity contribution in [1.82, 2.24) is 0 Å². The highest BCUT2D eigenvalue weighted by molar-refractivity contribution is 5.98. The number of carbonyl (C=O) groups excluding carboxylic acids is 1. The quantitative estimate of drug-likeness (QED) is 0.649. The summed E-state index contributed by atoms with van der Waals surface area (Å²) in [5.74, 6) is -0.428. The van der Waals surface area contributed by atoms with Gasteiger partial charge in [0.15, 0.2) is 0 Å². The molecule has 0 aliphatic rings. The first-order chi connectivity index (χ1) is 9.02. The molecular weight excluding hydrogens is 242 g/mol. The van der Waals surface area contributed by atoms with Crippen molar-refractivity contribution in [3.8, 4) is 6.07 Å². The molecular formula is C14H19N3O2. The van der Waals surface area contributed by atoms with Crippen LogP contribution in [0, 0.1) is 11.3 Å². The standard InChI is InChI=1S/C14H19N3O2/c1-4-19-14(18)11-6-5-7-12(13(11)16)17(3)10(2)8-9-15/h5-7,10H,4,8,16H2,1-3H3. The maximum absolute atomic E-state index is 11.8. The Hall–Kier alpha value is -2.22. The van der Waals surface area contributed by atoms with Crippen LogP contribution in [0.25, 0.3) is 0 Å². The lowest BCUT2D eigenvalue weighted by Gasteiger charge is -2.27. The predicted molar refractivity (Wildman–Crippen MR) is 74.9 cm³/mol. The average Bonchev–Trinajstić information content (AvgIpc) is 2.38. The first-order valence-corrected chi connectivity index (χ1v) is 6.18. The fourth-order valence-corrected chi connectivity index (χ4v) is 1.75. The molecule has 19 heavy (non-hydrogen) atoms. The Balaban J connectivity index is 3.07. The Kier molecular flexibility index (Phi) is 5.19. The number of carbonyl (C=O) groups is 1. The third-order valence-corrected chi connectivity index (χ3v) is 3.01. The Labute approximate surface area is 113 Å². The number of benzene rings is 1. The average molecular weight is 261 g/mol. The van der Waals surface area contributed by atoms with Gasteiger partial charge in [-0.05, 0) is 26.0 Å². The van der Waals surface area contributed by atoms with E-state index in [0.717, 1.165) is 5.69 Å². The van der Waals surface area contributed by atoms with Gasteiger partial charge in [-0.25, -0.2) is 4.79 Å². The van der Waals surface area contributed by atoms with Crippen LogP contribution < -0.4 is 10.6 Å². The van der Waals surface area contributed by atoms with Crippen molar-refractivity contribution in [3.05, 3.63) is 23.8 Å². The lowest BCUT2D eigenvalue weighted by molar-refractivity contribution is 0.0527. The minimum Gasteiger partial charge on any atom is -0.462 e. The third-order valence-electron chi connectivity index (χ3n) is 3.01. The van der Waals surface area contributed by atoms with Crippen LogP contribution in [0.4, 0.5) is 11.4 Å². The minimum atomic E-state index is -0.428. The van der Waals surface area contributed by atoms with Crippen LogP contribution in [0.15, 0.2) is 18.2 Å². The van der Waals surface area contributed by atoms with Crippen molar-refractivity contribution in [1.29, 1.82) is 5.26 Å². The normalized spacial score (nSPS) is 11.5. The molecule has 0 spiro atoms. The van der Waals surface area contributed by atoms with Gasteiger partial charge >= 0.3 is 5.97 Å². The molecule has 0 amide bonds. The van der Waals surface area contributed by atoms with Crippen LogP contribution >= 0.6 is 0 Å². The van der Waals surface area contributed by atoms with Crippen LogP contribution in [-0.4, -0.2) is 25.7 Å². The van der Waals surface area contributed by atoms with Crippen LogP contribution in [0.3, 0.4) is 0 Å². The van der Waals surface area contributed by atoms with Gasteiger partial charge in [-0.3, -0.25) is 0 Å². The number of esters is 1. The molecule has 0 fully saturated rings. The lowest BCUT2D eigenvalue weighted by atomic mass is 10.1. The summed E-state index contributed by atoms with van der Waals surface area (Å²) in [7, 11) is 1.85. The topological polar surface area (TPSA) is 79.3 Å². The molecule has 0 aromatic heterocycles. The summed E-state index contributed by atoms with van der Waals surface area (Å²) in [6, 6.07) is 7.36. The molecule has 5 heteroatoms. The maximum Gasteiger partial charge on any atom is 0.340 e. The number of para-hydroxylation sites is 1. The zero-order valence-electron chi connectivity index (χ0n) is 11.5. The molecule has 5 nitrogen and oxygen atoms in total. The van der Waals surface area contributed by atoms with Gasteiger partial charge in [-0.1, -0.05) is 6.07 Å². The van der Waals surface area contributed by atoms with Gasteiger partial charge in [-0.15, -0.1) is 0 Å². The summed E-state index contributed by atoms with van der Waals surface area (Å²) in [6.45, 7) is 3.99. The highest BCUT2D eigenvalue weighted by atomic mass is 16.5. The molecule has 0 aliphatic heterocycles. The summed E-state index contributed by atoms with van der Waals surface area (Å²) >= 11 is 0. The maximum atomic E-state index is 11.8. The van der Waals surface area contributed by atoms with Crippen LogP contribution in [0.1, 0.15) is 30.6 Å². The Morgan fingerprint density at radius 1 is 1.58 bits per heavy atom. The zero-order valence-corrected chi connectivity index (χ0v) is 11.5. The van der Waals surface area contributed by atoms with Crippen molar-refractivity contribution >= 4 is 17.3 Å². The van der Waals surface area contributed by atoms with Gasteiger partial charge in [0, 0.05) is 13.1 Å². The molecule has 1 rings (SSSR count). The van der Waals surface area contributed by atoms with E-state index < -0.39 is 5.97 Å². The van der Waals surface area contributed by atoms with E-state index in [1.165, 1.54) is 0 Å². The number of hydrogen-bond acceptors (Lipinski definition) is 5. The molecule has 0 saturated carbocycles. The summed E-state index contributed by atoms with van der Waals surface area (Å²) in [5.41, 5.74) is 7.49. The van der Waals surface area contributed by atoms with E-state index >= 15 is 0 Å². The van der Waals surface area contributed by atoms with Gasteiger partial charge in [0.25, 0.3) is 0 Å². The van der Waals surface area contributed by atoms with Gasteiger partial charge in [-0.2, -0.15) is 5.26 Å². The molecule has 1 aromatic rings. The van der Waals surface area contributed by atoms with E-state index in [-0.39, 0.29) is 6.04 Å². The second kappa shape index (κ2) is 6.64. The van der Waals surface area contributed by atoms with Crippen molar-refractivity contribution < 1.29 is 9.53 Å². The van der Waals surface area contributed by atoms with E-state index in [4.69, 9.17) is 15.7 Å². The fourth-order valence-electron chi connectivity index (χ4n) is 1.75. The van der Waals surface area contributed by atoms with E-state index in [2.05, 4.69) is 6.07 Å². The molecule has 1 aromatic carbocycles. The number of ether oxygens (including phenoxy) is 1. The zero-order chi connectivity index (χ0) is 14.4. The molecule has 2 N–H and O–H groups in total. The van der Waals surface area contributed by atoms with Crippen LogP contribution in [0.2, 0.25) is 0 Å². The van der Waals surface area contributed by atoms with Gasteiger partial charge in [0.2, 0.25) is 0 Å². The SMILES string of the molecule is CCOC(=O)c1cccc(N(C)C(C)CC#N)c1N. The lowest BCUT2D eigenvalue weighted by Crippen LogP contribution is -2.29. The van der Waals surface area contributed by atoms with Crippen molar-refractivity contribution in [3.63, 3.8) is 0 Å². The molecule has 0 aliphatic carbocycles. The molecule has 102 valence electrons. The number of nitrogens with two attached hydrogens (primary N) is 1. The molecule has 1 atom stereocenters. The van der Waals surface area contributed by atoms with Crippen molar-refractivity contribution in [2.24, 2.45) is 0 Å². The number of nitrogen functional groups attached to an aromatic ring is 1. The first kappa shape index (κ1) is 14.8. The summed E-state index contributed by atoms with van der Waals surface area (Å²) in [4.78, 5) is 13.7. The highest BCUT2D eigenvalue weighted by Gasteiger charge is 2.18. The van der Waals surface area contributed by atoms with E-state index in [1.54, 1.807) is 19.1 Å². The molecule has 0 heterocycles. The Morgan fingerprint density at radius 2 is 2.26 bits per heavy atom. The second-order valence-electron chi connectivity index (χ2n) is 4.28. The molecule has 0 radical (unpaired) electrons. The van der Waals surface area contributed by atoms with Gasteiger partial charge in [0.05, 0.1) is 36.0 Å². The molecule has 0 saturated heterocycles. The number of nitriles is 1. The highest BCUT2D eigenvalue weighted by Crippen LogP contribution is 2.28. The molecule has 0 bridgehead atoms. The Morgan fingerprint density at radius 3 is 2.84 bits per heavy atom. The number of anilines is 2. The minimum absolute atomic E-state index is 0.0183. The van der Waals surface area contributed by atoms with E-state index in [9.17, 15) is 4.79 Å². The summed E-state index contributed by atoms with van der Waals surface area (Å²) in [6.07, 6.45) is 0.388. The summed E-state index contributed by atoms with van der Waals surface area (Å²) < 4.78 is 4.96. The van der Waals surface area contributed by atoms with Crippen molar-refractivity contribution in [2.45, 2.75) is 26.3 Å². The van der Waals surface area contributed by atoms with E-state index in [0.29, 0.717) is 24.3 Å². The third kappa shape index (κ3) is 3.38. The largest absolute Gasteiger partial charge is 0.462 e. The van der Waals surface area contributed by atoms with Gasteiger partial charge < -0.3 is 15.4 Å². The smallest absolute Gasteiger partial charge is 0.340 e. The second-order valence-corrected chi connectivity index (χ2v) is 4.28. The molecule has 1 unspecified atom stereocenters. The van der Waals surface area contributed by atoms with Gasteiger partial charge in [0.1, 0.15) is 0 Å². The first-order valence-electron chi connectivity index (χ1n) is 6.18. The predicted octanol–water partition coefficient (Wildman–Crippen LogP) is 2.18. The summed E-state index contributed by atoms with van der Waals surface area (Å²) in [5, 5.41) is 8.73. The number of rotatable bonds is 5.